The van der Waals surface area contributed by atoms with Gasteiger partial charge in [0.05, 0.1) is 22.8 Å². The summed E-state index contributed by atoms with van der Waals surface area (Å²) in [4.78, 5) is 15.6. The smallest absolute Gasteiger partial charge is 0.229 e. The molecule has 2 rings (SSSR count). The molecular weight excluding hydrogens is 354 g/mol. The molecule has 1 aromatic carbocycles. The molecule has 0 saturated carbocycles. The zero-order valence-electron chi connectivity index (χ0n) is 9.96. The van der Waals surface area contributed by atoms with Gasteiger partial charge < -0.3 is 5.32 Å². The van der Waals surface area contributed by atoms with E-state index in [1.165, 1.54) is 12.3 Å². The van der Waals surface area contributed by atoms with E-state index in [1.807, 2.05) is 0 Å². The number of benzene rings is 1. The Morgan fingerprint density at radius 2 is 2.00 bits per heavy atom. The zero-order valence-corrected chi connectivity index (χ0v) is 12.3. The minimum Gasteiger partial charge on any atom is -0.324 e. The Kier molecular flexibility index (Phi) is 4.67. The summed E-state index contributed by atoms with van der Waals surface area (Å²) in [5.74, 6) is -2.06. The Morgan fingerprint density at radius 1 is 1.35 bits per heavy atom. The fraction of sp³-hybridized carbons (Fsp3) is 0.0769. The van der Waals surface area contributed by atoms with Crippen LogP contribution in [0.5, 0.6) is 0 Å². The lowest BCUT2D eigenvalue weighted by Gasteiger charge is -2.07. The van der Waals surface area contributed by atoms with Crippen molar-refractivity contribution in [3.8, 4) is 0 Å². The minimum atomic E-state index is -0.754. The first kappa shape index (κ1) is 14.9. The van der Waals surface area contributed by atoms with Crippen molar-refractivity contribution < 1.29 is 13.6 Å². The maximum Gasteiger partial charge on any atom is 0.229 e. The normalized spacial score (nSPS) is 10.4. The summed E-state index contributed by atoms with van der Waals surface area (Å²) in [5.41, 5.74) is 0.106. The number of amides is 1. The number of halogens is 4. The molecule has 0 atom stereocenters. The lowest BCUT2D eigenvalue weighted by atomic mass is 10.1. The first-order chi connectivity index (χ1) is 9.47. The van der Waals surface area contributed by atoms with Crippen LogP contribution in [0.15, 0.2) is 34.9 Å². The Morgan fingerprint density at radius 3 is 2.60 bits per heavy atom. The highest BCUT2D eigenvalue weighted by atomic mass is 79.9. The number of carbonyl (C=O) groups excluding carboxylic acids is 1. The molecular formula is C13H8BrClF2N2O. The van der Waals surface area contributed by atoms with Crippen molar-refractivity contribution in [2.75, 3.05) is 5.32 Å². The molecule has 1 aromatic heterocycles. The highest BCUT2D eigenvalue weighted by molar-refractivity contribution is 9.10. The van der Waals surface area contributed by atoms with Crippen molar-refractivity contribution >= 4 is 39.1 Å². The van der Waals surface area contributed by atoms with Gasteiger partial charge in [-0.2, -0.15) is 0 Å². The van der Waals surface area contributed by atoms with E-state index in [2.05, 4.69) is 26.2 Å². The molecule has 0 aliphatic heterocycles. The summed E-state index contributed by atoms with van der Waals surface area (Å²) in [6.07, 6.45) is 0.946. The van der Waals surface area contributed by atoms with Crippen LogP contribution in [0.3, 0.4) is 0 Å². The van der Waals surface area contributed by atoms with Crippen LogP contribution in [0.25, 0.3) is 0 Å². The minimum absolute atomic E-state index is 0.253. The van der Waals surface area contributed by atoms with Gasteiger partial charge >= 0.3 is 0 Å². The molecule has 2 aromatic rings. The second-order valence-corrected chi connectivity index (χ2v) is 5.13. The topological polar surface area (TPSA) is 42.0 Å². The average Bonchev–Trinajstić information content (AvgIpc) is 2.38. The number of nitrogens with zero attached hydrogens (tertiary/aromatic N) is 1. The fourth-order valence-corrected chi connectivity index (χ4v) is 2.01. The van der Waals surface area contributed by atoms with Gasteiger partial charge in [0.1, 0.15) is 16.8 Å². The van der Waals surface area contributed by atoms with Crippen molar-refractivity contribution in [1.82, 2.24) is 4.98 Å². The third-order valence-electron chi connectivity index (χ3n) is 2.48. The lowest BCUT2D eigenvalue weighted by Crippen LogP contribution is -2.16. The number of aromatic nitrogens is 1. The fourth-order valence-electron chi connectivity index (χ4n) is 1.56. The third-order valence-corrected chi connectivity index (χ3v) is 3.61. The van der Waals surface area contributed by atoms with Gasteiger partial charge in [-0.25, -0.2) is 13.8 Å². The molecule has 20 heavy (non-hydrogen) atoms. The van der Waals surface area contributed by atoms with Gasteiger partial charge in [-0.1, -0.05) is 17.7 Å². The van der Waals surface area contributed by atoms with Crippen LogP contribution in [0.1, 0.15) is 5.56 Å². The molecule has 104 valence electrons. The summed E-state index contributed by atoms with van der Waals surface area (Å²) in [7, 11) is 0. The molecule has 0 unspecified atom stereocenters. The van der Waals surface area contributed by atoms with Gasteiger partial charge in [-0.3, -0.25) is 4.79 Å². The van der Waals surface area contributed by atoms with E-state index in [-0.39, 0.29) is 10.7 Å². The molecule has 1 heterocycles. The van der Waals surface area contributed by atoms with E-state index in [4.69, 9.17) is 11.6 Å². The molecule has 3 nitrogen and oxygen atoms in total. The van der Waals surface area contributed by atoms with Gasteiger partial charge in [-0.05, 0) is 34.1 Å². The van der Waals surface area contributed by atoms with Gasteiger partial charge in [0.2, 0.25) is 5.91 Å². The van der Waals surface area contributed by atoms with Crippen LogP contribution < -0.4 is 5.32 Å². The molecule has 1 N–H and O–H groups in total. The number of hydrogen-bond donors (Lipinski definition) is 1. The average molecular weight is 362 g/mol. The van der Waals surface area contributed by atoms with E-state index in [0.717, 1.165) is 12.1 Å². The highest BCUT2D eigenvalue weighted by Gasteiger charge is 2.13. The Balaban J connectivity index is 2.11. The van der Waals surface area contributed by atoms with Gasteiger partial charge in [0.15, 0.2) is 0 Å². The van der Waals surface area contributed by atoms with Crippen molar-refractivity contribution in [2.45, 2.75) is 6.42 Å². The van der Waals surface area contributed by atoms with E-state index < -0.39 is 24.0 Å². The molecule has 0 bridgehead atoms. The van der Waals surface area contributed by atoms with Crippen LogP contribution in [-0.4, -0.2) is 10.9 Å². The molecule has 0 aliphatic rings. The van der Waals surface area contributed by atoms with Crippen LogP contribution in [0.4, 0.5) is 14.5 Å². The first-order valence-electron chi connectivity index (χ1n) is 5.51. The number of hydrogen-bond acceptors (Lipinski definition) is 2. The second kappa shape index (κ2) is 6.28. The van der Waals surface area contributed by atoms with Gasteiger partial charge in [0, 0.05) is 5.56 Å². The van der Waals surface area contributed by atoms with Crippen molar-refractivity contribution in [2.24, 2.45) is 0 Å². The molecule has 0 radical (unpaired) electrons. The van der Waals surface area contributed by atoms with E-state index in [0.29, 0.717) is 10.2 Å². The molecule has 1 amide bonds. The van der Waals surface area contributed by atoms with Crippen LogP contribution in [0, 0.1) is 11.6 Å². The van der Waals surface area contributed by atoms with E-state index in [9.17, 15) is 13.6 Å². The van der Waals surface area contributed by atoms with Gasteiger partial charge in [0.25, 0.3) is 0 Å². The molecule has 0 saturated heterocycles. The molecule has 0 spiro atoms. The standard InChI is InChI=1S/C13H8BrClF2N2O/c14-9-4-7(6-18-13(9)15)19-12(20)5-8-10(16)2-1-3-11(8)17/h1-4,6H,5H2,(H,19,20). The second-order valence-electron chi connectivity index (χ2n) is 3.92. The first-order valence-corrected chi connectivity index (χ1v) is 6.68. The highest BCUT2D eigenvalue weighted by Crippen LogP contribution is 2.23. The van der Waals surface area contributed by atoms with Crippen LogP contribution in [-0.2, 0) is 11.2 Å². The SMILES string of the molecule is O=C(Cc1c(F)cccc1F)Nc1cnc(Cl)c(Br)c1. The summed E-state index contributed by atoms with van der Waals surface area (Å²) in [6, 6.07) is 5.00. The van der Waals surface area contributed by atoms with Gasteiger partial charge in [-0.15, -0.1) is 0 Å². The number of pyridine rings is 1. The number of carbonyl (C=O) groups is 1. The predicted octanol–water partition coefficient (Wildman–Crippen LogP) is 3.96. The monoisotopic (exact) mass is 360 g/mol. The Labute approximate surface area is 127 Å². The Hall–Kier alpha value is -1.53. The summed E-state index contributed by atoms with van der Waals surface area (Å²) in [6.45, 7) is 0. The van der Waals surface area contributed by atoms with Crippen molar-refractivity contribution in [3.63, 3.8) is 0 Å². The maximum absolute atomic E-state index is 13.4. The largest absolute Gasteiger partial charge is 0.324 e. The summed E-state index contributed by atoms with van der Waals surface area (Å²) < 4.78 is 27.3. The lowest BCUT2D eigenvalue weighted by molar-refractivity contribution is -0.115. The molecule has 0 fully saturated rings. The zero-order chi connectivity index (χ0) is 14.7. The summed E-state index contributed by atoms with van der Waals surface area (Å²) >= 11 is 8.88. The van der Waals surface area contributed by atoms with Crippen molar-refractivity contribution in [1.29, 1.82) is 0 Å². The van der Waals surface area contributed by atoms with Crippen molar-refractivity contribution in [3.05, 3.63) is 57.3 Å². The molecule has 7 heteroatoms. The van der Waals surface area contributed by atoms with E-state index in [1.54, 1.807) is 6.07 Å². The number of anilines is 1. The maximum atomic E-state index is 13.4. The van der Waals surface area contributed by atoms with Crippen LogP contribution in [0.2, 0.25) is 5.15 Å². The third kappa shape index (κ3) is 3.52. The quantitative estimate of drug-likeness (QED) is 0.841. The molecule has 0 aliphatic carbocycles. The number of nitrogens with one attached hydrogen (secondary N) is 1. The predicted molar refractivity (Wildman–Crippen MR) is 75.6 cm³/mol. The Bertz CT molecular complexity index is 647. The van der Waals surface area contributed by atoms with Crippen LogP contribution >= 0.6 is 27.5 Å². The summed E-state index contributed by atoms with van der Waals surface area (Å²) in [5, 5.41) is 2.74. The number of rotatable bonds is 3. The van der Waals surface area contributed by atoms with E-state index >= 15 is 0 Å².